The Bertz CT molecular complexity index is 1270. The fourth-order valence-corrected chi connectivity index (χ4v) is 3.64. The van der Waals surface area contributed by atoms with Gasteiger partial charge in [0.2, 0.25) is 5.91 Å². The Morgan fingerprint density at radius 2 is 1.76 bits per heavy atom. The van der Waals surface area contributed by atoms with Gasteiger partial charge in [-0.15, -0.1) is 0 Å². The van der Waals surface area contributed by atoms with Crippen molar-refractivity contribution in [2.24, 2.45) is 0 Å². The van der Waals surface area contributed by atoms with Crippen molar-refractivity contribution in [3.05, 3.63) is 90.1 Å². The summed E-state index contributed by atoms with van der Waals surface area (Å²) in [6.45, 7) is 1.92. The van der Waals surface area contributed by atoms with Gasteiger partial charge in [0.05, 0.1) is 12.8 Å². The SMILES string of the molecule is COc1ccc(C)cc1NC(=O)[C@H](Cc1c[nH]c2ccccc12)NC(=O)Oc1ccccc1. The number of nitrogens with one attached hydrogen (secondary N) is 3. The molecule has 0 fully saturated rings. The summed E-state index contributed by atoms with van der Waals surface area (Å²) in [6.07, 6.45) is 1.41. The standard InChI is InChI=1S/C26H25N3O4/c1-17-12-13-24(32-2)22(14-17)28-25(30)23(29-26(31)33-19-8-4-3-5-9-19)15-18-16-27-21-11-7-6-10-20(18)21/h3-14,16,23,27H,15H2,1-2H3,(H,28,30)(H,29,31)/t23-/m0/s1. The first kappa shape index (κ1) is 22.0. The number of benzene rings is 3. The van der Waals surface area contributed by atoms with Crippen LogP contribution in [0.2, 0.25) is 0 Å². The van der Waals surface area contributed by atoms with Gasteiger partial charge in [0.25, 0.3) is 0 Å². The first-order valence-electron chi connectivity index (χ1n) is 10.6. The molecule has 4 rings (SSSR count). The van der Waals surface area contributed by atoms with E-state index < -0.39 is 12.1 Å². The Labute approximate surface area is 191 Å². The van der Waals surface area contributed by atoms with Crippen LogP contribution in [-0.4, -0.2) is 30.1 Å². The second-order valence-corrected chi connectivity index (χ2v) is 7.66. The zero-order valence-corrected chi connectivity index (χ0v) is 18.4. The van der Waals surface area contributed by atoms with E-state index in [1.807, 2.05) is 55.6 Å². The highest BCUT2D eigenvalue weighted by Crippen LogP contribution is 2.26. The topological polar surface area (TPSA) is 92.5 Å². The Hall–Kier alpha value is -4.26. The van der Waals surface area contributed by atoms with Crippen LogP contribution in [-0.2, 0) is 11.2 Å². The van der Waals surface area contributed by atoms with Crippen molar-refractivity contribution < 1.29 is 19.1 Å². The second kappa shape index (κ2) is 9.91. The number of H-pyrrole nitrogens is 1. The molecule has 4 aromatic rings. The number of aromatic nitrogens is 1. The predicted molar refractivity (Wildman–Crippen MR) is 128 cm³/mol. The maximum atomic E-state index is 13.3. The van der Waals surface area contributed by atoms with E-state index in [0.29, 0.717) is 17.2 Å². The molecule has 2 amide bonds. The van der Waals surface area contributed by atoms with Crippen LogP contribution in [0.25, 0.3) is 10.9 Å². The zero-order valence-electron chi connectivity index (χ0n) is 18.4. The van der Waals surface area contributed by atoms with E-state index in [-0.39, 0.29) is 12.3 Å². The number of aryl methyl sites for hydroxylation is 1. The van der Waals surface area contributed by atoms with Gasteiger partial charge in [0, 0.05) is 23.5 Å². The molecule has 168 valence electrons. The summed E-state index contributed by atoms with van der Waals surface area (Å²) in [5.41, 5.74) is 3.36. The minimum atomic E-state index is -0.884. The molecule has 7 nitrogen and oxygen atoms in total. The largest absolute Gasteiger partial charge is 0.495 e. The van der Waals surface area contributed by atoms with Crippen molar-refractivity contribution >= 4 is 28.6 Å². The molecule has 0 aliphatic rings. The molecule has 0 unspecified atom stereocenters. The van der Waals surface area contributed by atoms with Gasteiger partial charge in [-0.05, 0) is 48.4 Å². The van der Waals surface area contributed by atoms with Crippen molar-refractivity contribution in [3.8, 4) is 11.5 Å². The van der Waals surface area contributed by atoms with Crippen molar-refractivity contribution in [1.82, 2.24) is 10.3 Å². The molecular weight excluding hydrogens is 418 g/mol. The number of methoxy groups -OCH3 is 1. The minimum absolute atomic E-state index is 0.272. The van der Waals surface area contributed by atoms with Gasteiger partial charge in [-0.3, -0.25) is 4.79 Å². The van der Waals surface area contributed by atoms with Crippen molar-refractivity contribution in [2.75, 3.05) is 12.4 Å². The van der Waals surface area contributed by atoms with Gasteiger partial charge in [-0.25, -0.2) is 4.79 Å². The summed E-state index contributed by atoms with van der Waals surface area (Å²) < 4.78 is 10.7. The summed E-state index contributed by atoms with van der Waals surface area (Å²) in [4.78, 5) is 29.1. The number of rotatable bonds is 7. The molecule has 3 N–H and O–H groups in total. The maximum Gasteiger partial charge on any atom is 0.413 e. The third-order valence-electron chi connectivity index (χ3n) is 5.27. The van der Waals surface area contributed by atoms with E-state index in [1.54, 1.807) is 37.4 Å². The van der Waals surface area contributed by atoms with E-state index in [0.717, 1.165) is 22.0 Å². The molecule has 0 bridgehead atoms. The van der Waals surface area contributed by atoms with Gasteiger partial charge in [0.1, 0.15) is 17.5 Å². The molecule has 0 saturated heterocycles. The Balaban J connectivity index is 1.58. The highest BCUT2D eigenvalue weighted by atomic mass is 16.6. The normalized spacial score (nSPS) is 11.6. The van der Waals surface area contributed by atoms with Crippen LogP contribution in [0.3, 0.4) is 0 Å². The van der Waals surface area contributed by atoms with E-state index >= 15 is 0 Å². The number of hydrogen-bond acceptors (Lipinski definition) is 4. The highest BCUT2D eigenvalue weighted by Gasteiger charge is 2.24. The number of anilines is 1. The van der Waals surface area contributed by atoms with Gasteiger partial charge < -0.3 is 25.1 Å². The van der Waals surface area contributed by atoms with Crippen molar-refractivity contribution in [2.45, 2.75) is 19.4 Å². The third-order valence-corrected chi connectivity index (χ3v) is 5.27. The van der Waals surface area contributed by atoms with Gasteiger partial charge in [-0.2, -0.15) is 0 Å². The van der Waals surface area contributed by atoms with Crippen LogP contribution in [0.1, 0.15) is 11.1 Å². The molecule has 0 aliphatic heterocycles. The number of hydrogen-bond donors (Lipinski definition) is 3. The van der Waals surface area contributed by atoms with E-state index in [2.05, 4.69) is 15.6 Å². The van der Waals surface area contributed by atoms with Gasteiger partial charge in [-0.1, -0.05) is 42.5 Å². The maximum absolute atomic E-state index is 13.3. The summed E-state index contributed by atoms with van der Waals surface area (Å²) >= 11 is 0. The second-order valence-electron chi connectivity index (χ2n) is 7.66. The van der Waals surface area contributed by atoms with E-state index in [1.165, 1.54) is 0 Å². The number of carbonyl (C=O) groups is 2. The van der Waals surface area contributed by atoms with Crippen LogP contribution in [0, 0.1) is 6.92 Å². The molecule has 1 atom stereocenters. The molecule has 7 heteroatoms. The Morgan fingerprint density at radius 1 is 1.00 bits per heavy atom. The fraction of sp³-hybridized carbons (Fsp3) is 0.154. The predicted octanol–water partition coefficient (Wildman–Crippen LogP) is 4.82. The fourth-order valence-electron chi connectivity index (χ4n) is 3.64. The first-order valence-corrected chi connectivity index (χ1v) is 10.6. The lowest BCUT2D eigenvalue weighted by molar-refractivity contribution is -0.118. The van der Waals surface area contributed by atoms with Crippen LogP contribution in [0.4, 0.5) is 10.5 Å². The summed E-state index contributed by atoms with van der Waals surface area (Å²) in [5.74, 6) is 0.544. The lowest BCUT2D eigenvalue weighted by Gasteiger charge is -2.19. The number of para-hydroxylation sites is 2. The highest BCUT2D eigenvalue weighted by molar-refractivity contribution is 5.98. The van der Waals surface area contributed by atoms with Crippen LogP contribution in [0.15, 0.2) is 79.0 Å². The zero-order chi connectivity index (χ0) is 23.2. The molecule has 0 saturated carbocycles. The van der Waals surface area contributed by atoms with Crippen molar-refractivity contribution in [3.63, 3.8) is 0 Å². The number of fused-ring (bicyclic) bond motifs is 1. The first-order chi connectivity index (χ1) is 16.0. The minimum Gasteiger partial charge on any atom is -0.495 e. The Morgan fingerprint density at radius 3 is 2.55 bits per heavy atom. The summed E-state index contributed by atoms with van der Waals surface area (Å²) in [7, 11) is 1.54. The lowest BCUT2D eigenvalue weighted by Crippen LogP contribution is -2.46. The molecule has 0 radical (unpaired) electrons. The van der Waals surface area contributed by atoms with E-state index in [9.17, 15) is 9.59 Å². The average Bonchev–Trinajstić information content (AvgIpc) is 3.22. The Kier molecular flexibility index (Phi) is 6.59. The quantitative estimate of drug-likeness (QED) is 0.382. The van der Waals surface area contributed by atoms with Crippen LogP contribution >= 0.6 is 0 Å². The number of ether oxygens (including phenoxy) is 2. The average molecular weight is 444 g/mol. The molecule has 33 heavy (non-hydrogen) atoms. The van der Waals surface area contributed by atoms with Gasteiger partial charge in [0.15, 0.2) is 0 Å². The van der Waals surface area contributed by atoms with Crippen molar-refractivity contribution in [1.29, 1.82) is 0 Å². The smallest absolute Gasteiger partial charge is 0.413 e. The van der Waals surface area contributed by atoms with Crippen LogP contribution in [0.5, 0.6) is 11.5 Å². The summed E-state index contributed by atoms with van der Waals surface area (Å²) in [6, 6.07) is 21.1. The molecule has 3 aromatic carbocycles. The summed E-state index contributed by atoms with van der Waals surface area (Å²) in [5, 5.41) is 6.59. The molecule has 0 spiro atoms. The molecular formula is C26H25N3O4. The van der Waals surface area contributed by atoms with Gasteiger partial charge >= 0.3 is 6.09 Å². The van der Waals surface area contributed by atoms with E-state index in [4.69, 9.17) is 9.47 Å². The van der Waals surface area contributed by atoms with Crippen LogP contribution < -0.4 is 20.1 Å². The number of carbonyl (C=O) groups excluding carboxylic acids is 2. The molecule has 1 heterocycles. The molecule has 1 aromatic heterocycles. The molecule has 0 aliphatic carbocycles. The third kappa shape index (κ3) is 5.33. The number of aromatic amines is 1. The number of amides is 2. The monoisotopic (exact) mass is 443 g/mol. The lowest BCUT2D eigenvalue weighted by atomic mass is 10.0.